The number of aryl methyl sites for hydroxylation is 1. The summed E-state index contributed by atoms with van der Waals surface area (Å²) < 4.78 is 0. The lowest BCUT2D eigenvalue weighted by Crippen LogP contribution is -2.11. The molecule has 0 aliphatic heterocycles. The fourth-order valence-electron chi connectivity index (χ4n) is 1.42. The molecule has 17 heavy (non-hydrogen) atoms. The number of hydrogen-bond acceptors (Lipinski definition) is 5. The van der Waals surface area contributed by atoms with Crippen LogP contribution in [0.25, 0.3) is 0 Å². The zero-order valence-electron chi connectivity index (χ0n) is 9.24. The molecule has 1 aromatic heterocycles. The number of halogens is 1. The largest absolute Gasteiger partial charge is 0.339 e. The Labute approximate surface area is 104 Å². The summed E-state index contributed by atoms with van der Waals surface area (Å²) in [5.74, 6) is 6.22. The molecule has 0 amide bonds. The lowest BCUT2D eigenvalue weighted by atomic mass is 10.2. The normalized spacial score (nSPS) is 10.1. The van der Waals surface area contributed by atoms with Crippen LogP contribution in [0, 0.1) is 6.92 Å². The molecule has 0 saturated heterocycles. The number of hydrogen-bond donors (Lipinski definition) is 3. The van der Waals surface area contributed by atoms with E-state index in [2.05, 4.69) is 20.7 Å². The average molecular weight is 250 g/mol. The fourth-order valence-corrected chi connectivity index (χ4v) is 1.69. The maximum atomic E-state index is 6.11. The van der Waals surface area contributed by atoms with Gasteiger partial charge in [-0.1, -0.05) is 23.7 Å². The molecular formula is C11H12ClN5. The Morgan fingerprint density at radius 2 is 2.12 bits per heavy atom. The molecule has 4 N–H and O–H groups in total. The average Bonchev–Trinajstić information content (AvgIpc) is 2.34. The van der Waals surface area contributed by atoms with E-state index in [1.54, 1.807) is 12.3 Å². The standard InChI is InChI=1S/C11H12ClN5/c1-7-3-2-4-8(12)10(7)15-9-5-6-14-11(16-9)17-13/h2-6H,13H2,1H3,(H2,14,15,16,17). The Bertz CT molecular complexity index is 509. The van der Waals surface area contributed by atoms with E-state index in [1.807, 2.05) is 25.1 Å². The fraction of sp³-hybridized carbons (Fsp3) is 0.0909. The lowest BCUT2D eigenvalue weighted by molar-refractivity contribution is 1.12. The summed E-state index contributed by atoms with van der Waals surface area (Å²) in [5.41, 5.74) is 4.26. The predicted molar refractivity (Wildman–Crippen MR) is 69.3 cm³/mol. The van der Waals surface area contributed by atoms with Gasteiger partial charge in [0, 0.05) is 6.20 Å². The minimum absolute atomic E-state index is 0.347. The van der Waals surface area contributed by atoms with Crippen molar-refractivity contribution in [3.63, 3.8) is 0 Å². The number of anilines is 3. The molecule has 0 atom stereocenters. The second-order valence-corrected chi connectivity index (χ2v) is 3.87. The first-order chi connectivity index (χ1) is 8.20. The van der Waals surface area contributed by atoms with E-state index in [4.69, 9.17) is 17.4 Å². The van der Waals surface area contributed by atoms with E-state index in [-0.39, 0.29) is 0 Å². The van der Waals surface area contributed by atoms with Gasteiger partial charge < -0.3 is 5.32 Å². The molecule has 1 aromatic carbocycles. The van der Waals surface area contributed by atoms with Crippen molar-refractivity contribution in [2.24, 2.45) is 5.84 Å². The van der Waals surface area contributed by atoms with Gasteiger partial charge in [0.25, 0.3) is 0 Å². The summed E-state index contributed by atoms with van der Waals surface area (Å²) in [5, 5.41) is 3.78. The van der Waals surface area contributed by atoms with Gasteiger partial charge in [-0.25, -0.2) is 10.8 Å². The molecule has 0 aliphatic carbocycles. The highest BCUT2D eigenvalue weighted by molar-refractivity contribution is 6.33. The van der Waals surface area contributed by atoms with E-state index < -0.39 is 0 Å². The van der Waals surface area contributed by atoms with Crippen LogP contribution in [0.5, 0.6) is 0 Å². The zero-order chi connectivity index (χ0) is 12.3. The number of benzene rings is 1. The van der Waals surface area contributed by atoms with Gasteiger partial charge >= 0.3 is 0 Å². The van der Waals surface area contributed by atoms with E-state index in [9.17, 15) is 0 Å². The maximum Gasteiger partial charge on any atom is 0.239 e. The van der Waals surface area contributed by atoms with Crippen LogP contribution in [0.2, 0.25) is 5.02 Å². The van der Waals surface area contributed by atoms with Crippen LogP contribution in [-0.2, 0) is 0 Å². The molecule has 2 rings (SSSR count). The number of aromatic nitrogens is 2. The van der Waals surface area contributed by atoms with E-state index in [0.717, 1.165) is 11.3 Å². The maximum absolute atomic E-state index is 6.11. The number of rotatable bonds is 3. The van der Waals surface area contributed by atoms with Crippen molar-refractivity contribution in [1.29, 1.82) is 0 Å². The van der Waals surface area contributed by atoms with Gasteiger partial charge in [0.15, 0.2) is 0 Å². The van der Waals surface area contributed by atoms with Crippen molar-refractivity contribution >= 4 is 29.1 Å². The Hall–Kier alpha value is -1.85. The quantitative estimate of drug-likeness (QED) is 0.576. The first-order valence-corrected chi connectivity index (χ1v) is 5.40. The van der Waals surface area contributed by atoms with Gasteiger partial charge in [-0.2, -0.15) is 4.98 Å². The van der Waals surface area contributed by atoms with Crippen LogP contribution in [-0.4, -0.2) is 9.97 Å². The monoisotopic (exact) mass is 249 g/mol. The van der Waals surface area contributed by atoms with E-state index in [0.29, 0.717) is 16.8 Å². The Morgan fingerprint density at radius 1 is 1.29 bits per heavy atom. The third-order valence-electron chi connectivity index (χ3n) is 2.26. The SMILES string of the molecule is Cc1cccc(Cl)c1Nc1ccnc(NN)n1. The summed E-state index contributed by atoms with van der Waals surface area (Å²) in [7, 11) is 0. The second kappa shape index (κ2) is 4.99. The van der Waals surface area contributed by atoms with Crippen LogP contribution < -0.4 is 16.6 Å². The van der Waals surface area contributed by atoms with Gasteiger partial charge in [-0.3, -0.25) is 5.43 Å². The molecule has 1 heterocycles. The van der Waals surface area contributed by atoms with Gasteiger partial charge in [0.2, 0.25) is 5.95 Å². The van der Waals surface area contributed by atoms with E-state index in [1.165, 1.54) is 0 Å². The molecule has 88 valence electrons. The molecule has 6 heteroatoms. The zero-order valence-corrected chi connectivity index (χ0v) is 9.99. The van der Waals surface area contributed by atoms with Gasteiger partial charge in [-0.15, -0.1) is 0 Å². The third kappa shape index (κ3) is 2.64. The van der Waals surface area contributed by atoms with Gasteiger partial charge in [-0.05, 0) is 24.6 Å². The topological polar surface area (TPSA) is 75.9 Å². The van der Waals surface area contributed by atoms with Crippen molar-refractivity contribution in [2.45, 2.75) is 6.92 Å². The van der Waals surface area contributed by atoms with Gasteiger partial charge in [0.05, 0.1) is 10.7 Å². The van der Waals surface area contributed by atoms with Crippen molar-refractivity contribution in [3.05, 3.63) is 41.0 Å². The van der Waals surface area contributed by atoms with Crippen molar-refractivity contribution < 1.29 is 0 Å². The second-order valence-electron chi connectivity index (χ2n) is 3.47. The highest BCUT2D eigenvalue weighted by atomic mass is 35.5. The summed E-state index contributed by atoms with van der Waals surface area (Å²) in [6.45, 7) is 1.97. The highest BCUT2D eigenvalue weighted by Gasteiger charge is 2.05. The number of para-hydroxylation sites is 1. The molecule has 0 fully saturated rings. The highest BCUT2D eigenvalue weighted by Crippen LogP contribution is 2.27. The molecule has 0 spiro atoms. The van der Waals surface area contributed by atoms with Crippen LogP contribution >= 0.6 is 11.6 Å². The number of nitrogens with zero attached hydrogens (tertiary/aromatic N) is 2. The minimum Gasteiger partial charge on any atom is -0.339 e. The van der Waals surface area contributed by atoms with E-state index >= 15 is 0 Å². The molecule has 0 radical (unpaired) electrons. The van der Waals surface area contributed by atoms with Crippen LogP contribution in [0.4, 0.5) is 17.5 Å². The minimum atomic E-state index is 0.347. The Balaban J connectivity index is 2.31. The van der Waals surface area contributed by atoms with Crippen LogP contribution in [0.1, 0.15) is 5.56 Å². The van der Waals surface area contributed by atoms with Crippen molar-refractivity contribution in [1.82, 2.24) is 9.97 Å². The molecule has 5 nitrogen and oxygen atoms in total. The summed E-state index contributed by atoms with van der Waals surface area (Å²) in [6.07, 6.45) is 1.61. The Kier molecular flexibility index (Phi) is 3.41. The van der Waals surface area contributed by atoms with Crippen molar-refractivity contribution in [3.8, 4) is 0 Å². The third-order valence-corrected chi connectivity index (χ3v) is 2.57. The van der Waals surface area contributed by atoms with Crippen molar-refractivity contribution in [2.75, 3.05) is 10.7 Å². The first kappa shape index (κ1) is 11.6. The molecule has 2 aromatic rings. The van der Waals surface area contributed by atoms with Gasteiger partial charge in [0.1, 0.15) is 5.82 Å². The summed E-state index contributed by atoms with van der Waals surface area (Å²) in [6, 6.07) is 7.43. The smallest absolute Gasteiger partial charge is 0.239 e. The number of nitrogens with one attached hydrogen (secondary N) is 2. The molecular weight excluding hydrogens is 238 g/mol. The lowest BCUT2D eigenvalue weighted by Gasteiger charge is -2.10. The number of nitrogens with two attached hydrogens (primary N) is 1. The molecule has 0 aliphatic rings. The number of nitrogen functional groups attached to an aromatic ring is 1. The molecule has 0 saturated carbocycles. The Morgan fingerprint density at radius 3 is 2.82 bits per heavy atom. The first-order valence-electron chi connectivity index (χ1n) is 5.02. The number of hydrazine groups is 1. The summed E-state index contributed by atoms with van der Waals surface area (Å²) >= 11 is 6.11. The molecule has 0 bridgehead atoms. The van der Waals surface area contributed by atoms with Crippen LogP contribution in [0.3, 0.4) is 0 Å². The van der Waals surface area contributed by atoms with Crippen LogP contribution in [0.15, 0.2) is 30.5 Å². The predicted octanol–water partition coefficient (Wildman–Crippen LogP) is 2.47. The summed E-state index contributed by atoms with van der Waals surface area (Å²) in [4.78, 5) is 8.08. The molecule has 0 unspecified atom stereocenters.